The molecule has 94 valence electrons. The maximum Gasteiger partial charge on any atom is 0.127 e. The number of aryl methyl sites for hydroxylation is 1. The summed E-state index contributed by atoms with van der Waals surface area (Å²) in [5.41, 5.74) is 9.60. The molecule has 0 fully saturated rings. The summed E-state index contributed by atoms with van der Waals surface area (Å²) < 4.78 is 0. The highest BCUT2D eigenvalue weighted by molar-refractivity contribution is 5.38. The van der Waals surface area contributed by atoms with E-state index in [0.29, 0.717) is 5.82 Å². The van der Waals surface area contributed by atoms with Crippen molar-refractivity contribution in [2.24, 2.45) is 0 Å². The average molecular weight is 241 g/mol. The summed E-state index contributed by atoms with van der Waals surface area (Å²) in [6.45, 7) is 3.87. The first-order valence-electron chi connectivity index (χ1n) is 6.09. The number of anilines is 1. The van der Waals surface area contributed by atoms with Crippen LogP contribution in [-0.4, -0.2) is 16.9 Å². The molecule has 18 heavy (non-hydrogen) atoms. The van der Waals surface area contributed by atoms with E-state index in [4.69, 9.17) is 5.73 Å². The molecule has 0 aliphatic heterocycles. The molecule has 0 spiro atoms. The lowest BCUT2D eigenvalue weighted by Gasteiger charge is -2.18. The largest absolute Gasteiger partial charge is 0.383 e. The summed E-state index contributed by atoms with van der Waals surface area (Å²) in [4.78, 5) is 6.35. The monoisotopic (exact) mass is 241 g/mol. The highest BCUT2D eigenvalue weighted by Gasteiger charge is 2.06. The first-order valence-corrected chi connectivity index (χ1v) is 6.09. The summed E-state index contributed by atoms with van der Waals surface area (Å²) in [6, 6.07) is 12.4. The minimum atomic E-state index is 0.620. The van der Waals surface area contributed by atoms with Crippen molar-refractivity contribution in [3.8, 4) is 0 Å². The van der Waals surface area contributed by atoms with Crippen LogP contribution in [-0.2, 0) is 13.1 Å². The molecule has 0 amide bonds. The highest BCUT2D eigenvalue weighted by atomic mass is 15.1. The number of nitrogen functional groups attached to an aromatic ring is 1. The zero-order valence-corrected chi connectivity index (χ0v) is 10.9. The number of hydrogen-bond acceptors (Lipinski definition) is 3. The predicted molar refractivity (Wildman–Crippen MR) is 75.0 cm³/mol. The van der Waals surface area contributed by atoms with Crippen molar-refractivity contribution in [3.63, 3.8) is 0 Å². The summed E-state index contributed by atoms with van der Waals surface area (Å²) in [7, 11) is 2.10. The first kappa shape index (κ1) is 12.6. The van der Waals surface area contributed by atoms with Gasteiger partial charge in [-0.2, -0.15) is 0 Å². The number of aromatic nitrogens is 1. The standard InChI is InChI=1S/C15H19N3/c1-12-6-3-4-7-13(12)10-18(2)11-14-8-5-9-17-15(14)16/h3-9H,10-11H2,1-2H3,(H2,16,17). The second kappa shape index (κ2) is 5.65. The average Bonchev–Trinajstić information content (AvgIpc) is 2.35. The van der Waals surface area contributed by atoms with Crippen LogP contribution in [0, 0.1) is 6.92 Å². The van der Waals surface area contributed by atoms with Crippen molar-refractivity contribution >= 4 is 5.82 Å². The van der Waals surface area contributed by atoms with Crippen LogP contribution in [0.5, 0.6) is 0 Å². The van der Waals surface area contributed by atoms with Crippen molar-refractivity contribution in [2.45, 2.75) is 20.0 Å². The lowest BCUT2D eigenvalue weighted by atomic mass is 10.1. The molecular weight excluding hydrogens is 222 g/mol. The molecule has 0 radical (unpaired) electrons. The van der Waals surface area contributed by atoms with E-state index in [1.807, 2.05) is 12.1 Å². The van der Waals surface area contributed by atoms with E-state index in [-0.39, 0.29) is 0 Å². The molecule has 0 aliphatic carbocycles. The smallest absolute Gasteiger partial charge is 0.127 e. The molecule has 0 aliphatic rings. The van der Waals surface area contributed by atoms with Gasteiger partial charge in [0.25, 0.3) is 0 Å². The Balaban J connectivity index is 2.04. The number of nitrogens with two attached hydrogens (primary N) is 1. The zero-order valence-electron chi connectivity index (χ0n) is 10.9. The van der Waals surface area contributed by atoms with Crippen LogP contribution in [0.4, 0.5) is 5.82 Å². The van der Waals surface area contributed by atoms with Gasteiger partial charge < -0.3 is 5.73 Å². The van der Waals surface area contributed by atoms with Crippen molar-refractivity contribution in [3.05, 3.63) is 59.3 Å². The molecule has 1 heterocycles. The molecule has 0 saturated carbocycles. The summed E-state index contributed by atoms with van der Waals surface area (Å²) in [6.07, 6.45) is 1.72. The van der Waals surface area contributed by atoms with Crippen molar-refractivity contribution in [1.29, 1.82) is 0 Å². The lowest BCUT2D eigenvalue weighted by Crippen LogP contribution is -2.18. The van der Waals surface area contributed by atoms with Gasteiger partial charge in [-0.25, -0.2) is 4.98 Å². The Morgan fingerprint density at radius 2 is 1.72 bits per heavy atom. The molecule has 2 rings (SSSR count). The third-order valence-corrected chi connectivity index (χ3v) is 3.07. The van der Waals surface area contributed by atoms with Gasteiger partial charge in [0, 0.05) is 24.8 Å². The normalized spacial score (nSPS) is 10.8. The molecule has 0 unspecified atom stereocenters. The van der Waals surface area contributed by atoms with Gasteiger partial charge in [0.05, 0.1) is 0 Å². The fourth-order valence-electron chi connectivity index (χ4n) is 2.01. The molecule has 2 N–H and O–H groups in total. The fourth-order valence-corrected chi connectivity index (χ4v) is 2.01. The fraction of sp³-hybridized carbons (Fsp3) is 0.267. The maximum atomic E-state index is 5.85. The van der Waals surface area contributed by atoms with Crippen molar-refractivity contribution in [1.82, 2.24) is 9.88 Å². The van der Waals surface area contributed by atoms with Gasteiger partial charge >= 0.3 is 0 Å². The molecule has 0 saturated heterocycles. The number of pyridine rings is 1. The number of benzene rings is 1. The van der Waals surface area contributed by atoms with Crippen LogP contribution in [0.1, 0.15) is 16.7 Å². The number of rotatable bonds is 4. The van der Waals surface area contributed by atoms with E-state index in [9.17, 15) is 0 Å². The van der Waals surface area contributed by atoms with Gasteiger partial charge in [0.1, 0.15) is 5.82 Å². The van der Waals surface area contributed by atoms with Crippen LogP contribution in [0.15, 0.2) is 42.6 Å². The second-order valence-electron chi connectivity index (χ2n) is 4.65. The third-order valence-electron chi connectivity index (χ3n) is 3.07. The topological polar surface area (TPSA) is 42.2 Å². The van der Waals surface area contributed by atoms with Gasteiger partial charge in [-0.05, 0) is 31.2 Å². The molecule has 3 heteroatoms. The van der Waals surface area contributed by atoms with Gasteiger partial charge in [0.2, 0.25) is 0 Å². The zero-order chi connectivity index (χ0) is 13.0. The van der Waals surface area contributed by atoms with E-state index >= 15 is 0 Å². The molecule has 1 aromatic heterocycles. The second-order valence-corrected chi connectivity index (χ2v) is 4.65. The minimum Gasteiger partial charge on any atom is -0.383 e. The summed E-state index contributed by atoms with van der Waals surface area (Å²) >= 11 is 0. The van der Waals surface area contributed by atoms with Crippen LogP contribution in [0.25, 0.3) is 0 Å². The molecular formula is C15H19N3. The Bertz CT molecular complexity index is 475. The molecule has 3 nitrogen and oxygen atoms in total. The first-order chi connectivity index (χ1) is 8.66. The van der Waals surface area contributed by atoms with Crippen molar-refractivity contribution < 1.29 is 0 Å². The van der Waals surface area contributed by atoms with Crippen LogP contribution < -0.4 is 5.73 Å². The molecule has 0 atom stereocenters. The van der Waals surface area contributed by atoms with Gasteiger partial charge in [-0.1, -0.05) is 30.3 Å². The quantitative estimate of drug-likeness (QED) is 0.894. The Morgan fingerprint density at radius 3 is 2.44 bits per heavy atom. The molecule has 2 aromatic rings. The van der Waals surface area contributed by atoms with E-state index in [2.05, 4.69) is 48.1 Å². The number of nitrogens with zero attached hydrogens (tertiary/aromatic N) is 2. The van der Waals surface area contributed by atoms with E-state index in [0.717, 1.165) is 18.7 Å². The lowest BCUT2D eigenvalue weighted by molar-refractivity contribution is 0.318. The van der Waals surface area contributed by atoms with Crippen LogP contribution >= 0.6 is 0 Å². The van der Waals surface area contributed by atoms with Crippen LogP contribution in [0.2, 0.25) is 0 Å². The van der Waals surface area contributed by atoms with Gasteiger partial charge in [0.15, 0.2) is 0 Å². The van der Waals surface area contributed by atoms with Gasteiger partial charge in [-0.15, -0.1) is 0 Å². The Morgan fingerprint density at radius 1 is 1.06 bits per heavy atom. The summed E-state index contributed by atoms with van der Waals surface area (Å²) in [5.74, 6) is 0.620. The Kier molecular flexibility index (Phi) is 3.95. The van der Waals surface area contributed by atoms with E-state index in [1.165, 1.54) is 11.1 Å². The Labute approximate surface area is 108 Å². The molecule has 0 bridgehead atoms. The van der Waals surface area contributed by atoms with Crippen LogP contribution in [0.3, 0.4) is 0 Å². The summed E-state index contributed by atoms with van der Waals surface area (Å²) in [5, 5.41) is 0. The molecule has 1 aromatic carbocycles. The van der Waals surface area contributed by atoms with Crippen molar-refractivity contribution in [2.75, 3.05) is 12.8 Å². The van der Waals surface area contributed by atoms with E-state index in [1.54, 1.807) is 6.20 Å². The van der Waals surface area contributed by atoms with E-state index < -0.39 is 0 Å². The van der Waals surface area contributed by atoms with Gasteiger partial charge in [-0.3, -0.25) is 4.90 Å². The maximum absolute atomic E-state index is 5.85. The SMILES string of the molecule is Cc1ccccc1CN(C)Cc1cccnc1N. The Hall–Kier alpha value is -1.87. The predicted octanol–water partition coefficient (Wildman–Crippen LogP) is 2.60. The third kappa shape index (κ3) is 3.08. The minimum absolute atomic E-state index is 0.620. The number of hydrogen-bond donors (Lipinski definition) is 1. The highest BCUT2D eigenvalue weighted by Crippen LogP contribution is 2.14.